The van der Waals surface area contributed by atoms with Crippen molar-refractivity contribution < 1.29 is 0 Å². The molecule has 2 aromatic carbocycles. The van der Waals surface area contributed by atoms with Crippen LogP contribution in [0.5, 0.6) is 0 Å². The number of halogens is 2. The maximum atomic E-state index is 5.59. The minimum absolute atomic E-state index is 0.894. The predicted molar refractivity (Wildman–Crippen MR) is 136 cm³/mol. The molecule has 0 aromatic heterocycles. The largest absolute Gasteiger partial charge is 0.0795 e. The molecule has 0 nitrogen and oxygen atoms in total. The van der Waals surface area contributed by atoms with Gasteiger partial charge < -0.3 is 0 Å². The molecule has 0 saturated carbocycles. The van der Waals surface area contributed by atoms with Crippen LogP contribution in [0.1, 0.15) is 62.1 Å². The van der Waals surface area contributed by atoms with Crippen molar-refractivity contribution >= 4 is 68.3 Å². The lowest BCUT2D eigenvalue weighted by molar-refractivity contribution is 0.607. The molecule has 0 unspecified atom stereocenters. The summed E-state index contributed by atoms with van der Waals surface area (Å²) in [4.78, 5) is 0.894. The molecule has 0 spiro atoms. The second-order valence-electron chi connectivity index (χ2n) is 6.56. The van der Waals surface area contributed by atoms with Gasteiger partial charge in [0, 0.05) is 12.0 Å². The van der Waals surface area contributed by atoms with E-state index in [9.17, 15) is 0 Å². The zero-order valence-corrected chi connectivity index (χ0v) is 20.4. The Kier molecular flexibility index (Phi) is 10.4. The lowest BCUT2D eigenvalue weighted by atomic mass is 10.0. The molecular formula is C23H26I2S. The molecule has 138 valence electrons. The fourth-order valence-corrected chi connectivity index (χ4v) is 4.12. The molecule has 0 fully saturated rings. The maximum absolute atomic E-state index is 5.59. The summed E-state index contributed by atoms with van der Waals surface area (Å²) in [5.41, 5.74) is 3.77. The number of hydrogen-bond acceptors (Lipinski definition) is 1. The van der Waals surface area contributed by atoms with E-state index in [1.54, 1.807) is 0 Å². The topological polar surface area (TPSA) is 0 Å². The van der Waals surface area contributed by atoms with Crippen LogP contribution in [0.15, 0.2) is 48.5 Å². The highest BCUT2D eigenvalue weighted by atomic mass is 127. The van der Waals surface area contributed by atoms with E-state index in [2.05, 4.69) is 101 Å². The highest BCUT2D eigenvalue weighted by molar-refractivity contribution is 14.1. The summed E-state index contributed by atoms with van der Waals surface area (Å²) >= 11 is 10.4. The van der Waals surface area contributed by atoms with Crippen LogP contribution in [0.25, 0.3) is 6.08 Å². The molecule has 0 radical (unpaired) electrons. The molecule has 2 aromatic rings. The Morgan fingerprint density at radius 2 is 1.62 bits per heavy atom. The highest BCUT2D eigenvalue weighted by Gasteiger charge is 2.02. The number of unbranched alkanes of at least 4 members (excludes halogenated alkanes) is 5. The minimum Gasteiger partial charge on any atom is -0.0795 e. The van der Waals surface area contributed by atoms with Gasteiger partial charge in [0.2, 0.25) is 0 Å². The Bertz CT molecular complexity index is 732. The van der Waals surface area contributed by atoms with E-state index >= 15 is 0 Å². The molecule has 0 saturated heterocycles. The molecule has 0 heterocycles. The average molecular weight is 588 g/mol. The Morgan fingerprint density at radius 1 is 0.923 bits per heavy atom. The molecule has 0 N–H and O–H groups in total. The van der Waals surface area contributed by atoms with E-state index in [-0.39, 0.29) is 0 Å². The molecule has 0 bridgehead atoms. The van der Waals surface area contributed by atoms with Crippen molar-refractivity contribution in [2.45, 2.75) is 51.9 Å². The maximum Gasteiger partial charge on any atom is 0.0449 e. The first-order chi connectivity index (χ1) is 12.6. The quantitative estimate of drug-likeness (QED) is 0.0887. The number of aryl methyl sites for hydroxylation is 1. The summed E-state index contributed by atoms with van der Waals surface area (Å²) in [6, 6.07) is 15.1. The first kappa shape index (κ1) is 22.0. The van der Waals surface area contributed by atoms with Crippen LogP contribution in [0.4, 0.5) is 0 Å². The SMILES string of the molecule is CCCCCCCCc1ccc(C(=S)C=Cc2cccc(I)c2I)cc1. The zero-order valence-electron chi connectivity index (χ0n) is 15.3. The van der Waals surface area contributed by atoms with Crippen molar-refractivity contribution in [1.29, 1.82) is 0 Å². The van der Waals surface area contributed by atoms with Crippen LogP contribution in [0, 0.1) is 7.14 Å². The van der Waals surface area contributed by atoms with Crippen molar-refractivity contribution in [3.05, 3.63) is 72.4 Å². The molecule has 26 heavy (non-hydrogen) atoms. The first-order valence-electron chi connectivity index (χ1n) is 9.37. The van der Waals surface area contributed by atoms with E-state index in [1.807, 2.05) is 6.08 Å². The Hall–Kier alpha value is -0.270. The van der Waals surface area contributed by atoms with Gasteiger partial charge in [0.15, 0.2) is 0 Å². The second kappa shape index (κ2) is 12.2. The van der Waals surface area contributed by atoms with E-state index < -0.39 is 0 Å². The van der Waals surface area contributed by atoms with Crippen LogP contribution in [0.2, 0.25) is 0 Å². The summed E-state index contributed by atoms with van der Waals surface area (Å²) < 4.78 is 2.55. The lowest BCUT2D eigenvalue weighted by Crippen LogP contribution is -1.94. The second-order valence-corrected chi connectivity index (χ2v) is 9.24. The van der Waals surface area contributed by atoms with E-state index in [4.69, 9.17) is 12.2 Å². The van der Waals surface area contributed by atoms with Crippen LogP contribution in [-0.4, -0.2) is 4.86 Å². The van der Waals surface area contributed by atoms with E-state index in [1.165, 1.54) is 63.2 Å². The zero-order chi connectivity index (χ0) is 18.8. The molecule has 2 rings (SSSR count). The number of allylic oxidation sites excluding steroid dienone is 1. The van der Waals surface area contributed by atoms with Gasteiger partial charge in [0.05, 0.1) is 0 Å². The van der Waals surface area contributed by atoms with Gasteiger partial charge in [-0.05, 0) is 86.9 Å². The van der Waals surface area contributed by atoms with Crippen LogP contribution < -0.4 is 0 Å². The molecule has 3 heteroatoms. The molecular weight excluding hydrogens is 562 g/mol. The first-order valence-corrected chi connectivity index (χ1v) is 11.9. The van der Waals surface area contributed by atoms with Gasteiger partial charge >= 0.3 is 0 Å². The smallest absolute Gasteiger partial charge is 0.0449 e. The van der Waals surface area contributed by atoms with Crippen molar-refractivity contribution in [1.82, 2.24) is 0 Å². The molecule has 0 aliphatic heterocycles. The Morgan fingerprint density at radius 3 is 2.35 bits per heavy atom. The number of rotatable bonds is 10. The monoisotopic (exact) mass is 588 g/mol. The summed E-state index contributed by atoms with van der Waals surface area (Å²) in [6.45, 7) is 2.27. The minimum atomic E-state index is 0.894. The van der Waals surface area contributed by atoms with Crippen LogP contribution in [0.3, 0.4) is 0 Å². The Balaban J connectivity index is 1.86. The Labute approximate surface area is 191 Å². The fraction of sp³-hybridized carbons (Fsp3) is 0.348. The third-order valence-corrected chi connectivity index (χ3v) is 7.96. The van der Waals surface area contributed by atoms with Gasteiger partial charge in [-0.2, -0.15) is 0 Å². The molecule has 0 atom stereocenters. The summed E-state index contributed by atoms with van der Waals surface area (Å²) in [7, 11) is 0. The van der Waals surface area contributed by atoms with Gasteiger partial charge in [-0.15, -0.1) is 0 Å². The van der Waals surface area contributed by atoms with Crippen LogP contribution in [-0.2, 0) is 6.42 Å². The van der Waals surface area contributed by atoms with E-state index in [0.717, 1.165) is 10.4 Å². The predicted octanol–water partition coefficient (Wildman–Crippen LogP) is 8.23. The van der Waals surface area contributed by atoms with Crippen molar-refractivity contribution in [3.8, 4) is 0 Å². The van der Waals surface area contributed by atoms with E-state index in [0.29, 0.717) is 0 Å². The summed E-state index contributed by atoms with van der Waals surface area (Å²) in [5.74, 6) is 0. The van der Waals surface area contributed by atoms with Crippen LogP contribution >= 0.6 is 57.4 Å². The van der Waals surface area contributed by atoms with Gasteiger partial charge in [-0.3, -0.25) is 0 Å². The summed E-state index contributed by atoms with van der Waals surface area (Å²) in [5, 5.41) is 0. The standard InChI is InChI=1S/C23H26I2S/c1-2-3-4-5-6-7-9-18-12-14-19(15-13-18)22(26)17-16-20-10-8-11-21(24)23(20)25/h8,10-17H,2-7,9H2,1H3. The number of thiocarbonyl (C=S) groups is 1. The fourth-order valence-electron chi connectivity index (χ4n) is 2.86. The molecule has 0 aliphatic carbocycles. The molecule has 0 aliphatic rings. The number of benzene rings is 2. The van der Waals surface area contributed by atoms with Gasteiger partial charge in [0.1, 0.15) is 0 Å². The van der Waals surface area contributed by atoms with Crippen molar-refractivity contribution in [3.63, 3.8) is 0 Å². The third-order valence-electron chi connectivity index (χ3n) is 4.45. The van der Waals surface area contributed by atoms with Gasteiger partial charge in [0.25, 0.3) is 0 Å². The molecule has 0 amide bonds. The van der Waals surface area contributed by atoms with Crippen molar-refractivity contribution in [2.24, 2.45) is 0 Å². The third kappa shape index (κ3) is 7.39. The normalized spacial score (nSPS) is 11.2. The highest BCUT2D eigenvalue weighted by Crippen LogP contribution is 2.21. The average Bonchev–Trinajstić information content (AvgIpc) is 2.66. The van der Waals surface area contributed by atoms with Gasteiger partial charge in [-0.25, -0.2) is 0 Å². The van der Waals surface area contributed by atoms with Gasteiger partial charge in [-0.1, -0.05) is 93.7 Å². The lowest BCUT2D eigenvalue weighted by Gasteiger charge is -2.05. The van der Waals surface area contributed by atoms with Crippen molar-refractivity contribution in [2.75, 3.05) is 0 Å². The number of hydrogen-bond donors (Lipinski definition) is 0. The summed E-state index contributed by atoms with van der Waals surface area (Å²) in [6.07, 6.45) is 13.4.